The molecule has 3 rings (SSSR count). The van der Waals surface area contributed by atoms with E-state index in [2.05, 4.69) is 5.10 Å². The van der Waals surface area contributed by atoms with E-state index >= 15 is 0 Å². The number of benzene rings is 1. The number of carbonyl (C=O) groups is 1. The second-order valence-electron chi connectivity index (χ2n) is 5.53. The van der Waals surface area contributed by atoms with Gasteiger partial charge in [0.1, 0.15) is 11.0 Å². The Bertz CT molecular complexity index is 690. The Morgan fingerprint density at radius 2 is 2.10 bits per heavy atom. The molecule has 21 heavy (non-hydrogen) atoms. The van der Waals surface area contributed by atoms with Crippen molar-refractivity contribution in [2.45, 2.75) is 38.5 Å². The number of hydrogen-bond donors (Lipinski definition) is 0. The number of halogens is 2. The van der Waals surface area contributed by atoms with E-state index in [0.717, 1.165) is 43.2 Å². The molecular formula is C16H16ClFN2O. The molecule has 1 aliphatic carbocycles. The van der Waals surface area contributed by atoms with Gasteiger partial charge < -0.3 is 0 Å². The molecule has 3 nitrogen and oxygen atoms in total. The molecule has 0 unspecified atom stereocenters. The molecule has 0 radical (unpaired) electrons. The fraction of sp³-hybridized carbons (Fsp3) is 0.375. The van der Waals surface area contributed by atoms with E-state index in [9.17, 15) is 9.18 Å². The molecule has 0 amide bonds. The van der Waals surface area contributed by atoms with Crippen LogP contribution in [0.1, 0.15) is 53.2 Å². The molecule has 110 valence electrons. The van der Waals surface area contributed by atoms with Gasteiger partial charge in [-0.15, -0.1) is 0 Å². The first kappa shape index (κ1) is 14.3. The minimum absolute atomic E-state index is 0.296. The van der Waals surface area contributed by atoms with Crippen LogP contribution >= 0.6 is 11.6 Å². The van der Waals surface area contributed by atoms with Crippen LogP contribution in [-0.2, 0) is 0 Å². The minimum atomic E-state index is -0.300. The summed E-state index contributed by atoms with van der Waals surface area (Å²) < 4.78 is 14.8. The molecular weight excluding hydrogens is 291 g/mol. The molecule has 0 N–H and O–H groups in total. The quantitative estimate of drug-likeness (QED) is 0.786. The van der Waals surface area contributed by atoms with E-state index in [1.165, 1.54) is 12.1 Å². The lowest BCUT2D eigenvalue weighted by Crippen LogP contribution is -2.02. The summed E-state index contributed by atoms with van der Waals surface area (Å²) in [5.74, 6) is -0.00383. The molecule has 1 saturated carbocycles. The third-order valence-electron chi connectivity index (χ3n) is 4.14. The summed E-state index contributed by atoms with van der Waals surface area (Å²) in [6.45, 7) is 1.80. The van der Waals surface area contributed by atoms with Crippen LogP contribution in [0.5, 0.6) is 0 Å². The van der Waals surface area contributed by atoms with Crippen molar-refractivity contribution in [1.29, 1.82) is 0 Å². The van der Waals surface area contributed by atoms with Crippen molar-refractivity contribution in [2.75, 3.05) is 0 Å². The highest BCUT2D eigenvalue weighted by atomic mass is 35.5. The lowest BCUT2D eigenvalue weighted by molar-refractivity contribution is 0.112. The summed E-state index contributed by atoms with van der Waals surface area (Å²) in [7, 11) is 0. The summed E-state index contributed by atoms with van der Waals surface area (Å²) >= 11 is 6.33. The Morgan fingerprint density at radius 1 is 1.38 bits per heavy atom. The van der Waals surface area contributed by atoms with Crippen molar-refractivity contribution < 1.29 is 9.18 Å². The summed E-state index contributed by atoms with van der Waals surface area (Å²) in [4.78, 5) is 11.4. The Balaban J connectivity index is 2.12. The van der Waals surface area contributed by atoms with Crippen molar-refractivity contribution in [3.05, 3.63) is 46.0 Å². The zero-order valence-corrected chi connectivity index (χ0v) is 12.5. The molecule has 1 heterocycles. The molecule has 2 aromatic rings. The highest BCUT2D eigenvalue weighted by molar-refractivity contribution is 6.32. The predicted molar refractivity (Wildman–Crippen MR) is 79.9 cm³/mol. The van der Waals surface area contributed by atoms with Gasteiger partial charge in [-0.25, -0.2) is 9.07 Å². The molecule has 1 aliphatic rings. The van der Waals surface area contributed by atoms with E-state index in [4.69, 9.17) is 11.6 Å². The SMILES string of the molecule is Cc1cc(F)ccc1-n1nc(C2CCCC2)c(C=O)c1Cl. The third-order valence-corrected chi connectivity index (χ3v) is 4.50. The largest absolute Gasteiger partial charge is 0.298 e. The maximum absolute atomic E-state index is 13.2. The number of rotatable bonds is 3. The first-order valence-electron chi connectivity index (χ1n) is 7.12. The Kier molecular flexibility index (Phi) is 3.81. The van der Waals surface area contributed by atoms with Crippen LogP contribution in [0.25, 0.3) is 5.69 Å². The van der Waals surface area contributed by atoms with Gasteiger partial charge in [-0.05, 0) is 43.5 Å². The average Bonchev–Trinajstić information content (AvgIpc) is 3.07. The van der Waals surface area contributed by atoms with Crippen LogP contribution in [0, 0.1) is 12.7 Å². The number of aldehydes is 1. The van der Waals surface area contributed by atoms with Crippen LogP contribution in [0.15, 0.2) is 18.2 Å². The molecule has 1 aromatic heterocycles. The molecule has 1 fully saturated rings. The lowest BCUT2D eigenvalue weighted by atomic mass is 10.0. The summed E-state index contributed by atoms with van der Waals surface area (Å²) in [5, 5.41) is 4.86. The van der Waals surface area contributed by atoms with Gasteiger partial charge in [0, 0.05) is 5.92 Å². The highest BCUT2D eigenvalue weighted by Crippen LogP contribution is 2.37. The molecule has 5 heteroatoms. The lowest BCUT2D eigenvalue weighted by Gasteiger charge is -2.07. The van der Waals surface area contributed by atoms with Crippen molar-refractivity contribution in [3.8, 4) is 5.69 Å². The Labute approximate surface area is 127 Å². The number of aryl methyl sites for hydroxylation is 1. The van der Waals surface area contributed by atoms with Gasteiger partial charge in [0.2, 0.25) is 0 Å². The summed E-state index contributed by atoms with van der Waals surface area (Å²) in [6, 6.07) is 4.44. The maximum Gasteiger partial charge on any atom is 0.155 e. The van der Waals surface area contributed by atoms with Crippen molar-refractivity contribution in [2.24, 2.45) is 0 Å². The van der Waals surface area contributed by atoms with Gasteiger partial charge in [-0.2, -0.15) is 5.10 Å². The Hall–Kier alpha value is -1.68. The summed E-state index contributed by atoms with van der Waals surface area (Å²) in [5.41, 5.74) is 2.67. The second-order valence-corrected chi connectivity index (χ2v) is 5.89. The van der Waals surface area contributed by atoms with Gasteiger partial charge in [-0.1, -0.05) is 24.4 Å². The van der Waals surface area contributed by atoms with E-state index in [1.807, 2.05) is 0 Å². The van der Waals surface area contributed by atoms with Crippen LogP contribution in [0.2, 0.25) is 5.15 Å². The number of carbonyl (C=O) groups excluding carboxylic acids is 1. The maximum atomic E-state index is 13.2. The summed E-state index contributed by atoms with van der Waals surface area (Å²) in [6.07, 6.45) is 5.16. The normalized spacial score (nSPS) is 15.6. The molecule has 0 bridgehead atoms. The van der Waals surface area contributed by atoms with Crippen molar-refractivity contribution in [3.63, 3.8) is 0 Å². The fourth-order valence-corrected chi connectivity index (χ4v) is 3.32. The van der Waals surface area contributed by atoms with Crippen LogP contribution in [0.3, 0.4) is 0 Å². The van der Waals surface area contributed by atoms with E-state index in [-0.39, 0.29) is 5.82 Å². The highest BCUT2D eigenvalue weighted by Gasteiger charge is 2.26. The Morgan fingerprint density at radius 3 is 2.71 bits per heavy atom. The molecule has 1 aromatic carbocycles. The minimum Gasteiger partial charge on any atom is -0.298 e. The van der Waals surface area contributed by atoms with Crippen molar-refractivity contribution >= 4 is 17.9 Å². The first-order valence-corrected chi connectivity index (χ1v) is 7.49. The van der Waals surface area contributed by atoms with E-state index in [1.54, 1.807) is 17.7 Å². The average molecular weight is 307 g/mol. The molecule has 0 spiro atoms. The smallest absolute Gasteiger partial charge is 0.155 e. The zero-order chi connectivity index (χ0) is 15.0. The molecule has 0 atom stereocenters. The van der Waals surface area contributed by atoms with Gasteiger partial charge in [0.15, 0.2) is 6.29 Å². The van der Waals surface area contributed by atoms with Gasteiger partial charge in [0.25, 0.3) is 0 Å². The first-order chi connectivity index (χ1) is 10.1. The van der Waals surface area contributed by atoms with Gasteiger partial charge >= 0.3 is 0 Å². The van der Waals surface area contributed by atoms with E-state index in [0.29, 0.717) is 22.3 Å². The fourth-order valence-electron chi connectivity index (χ4n) is 3.05. The number of hydrogen-bond acceptors (Lipinski definition) is 2. The number of aromatic nitrogens is 2. The standard InChI is InChI=1S/C16H16ClFN2O/c1-10-8-12(18)6-7-14(10)20-16(17)13(9-21)15(19-20)11-4-2-3-5-11/h6-9,11H,2-5H2,1H3. The van der Waals surface area contributed by atoms with Crippen molar-refractivity contribution in [1.82, 2.24) is 9.78 Å². The monoisotopic (exact) mass is 306 g/mol. The van der Waals surface area contributed by atoms with Crippen LogP contribution in [0.4, 0.5) is 4.39 Å². The van der Waals surface area contributed by atoms with Crippen LogP contribution < -0.4 is 0 Å². The molecule has 0 aliphatic heterocycles. The zero-order valence-electron chi connectivity index (χ0n) is 11.8. The topological polar surface area (TPSA) is 34.9 Å². The predicted octanol–water partition coefficient (Wildman–Crippen LogP) is 4.44. The van der Waals surface area contributed by atoms with Gasteiger partial charge in [-0.3, -0.25) is 4.79 Å². The van der Waals surface area contributed by atoms with Crippen LogP contribution in [-0.4, -0.2) is 16.1 Å². The number of nitrogens with zero attached hydrogens (tertiary/aromatic N) is 2. The molecule has 0 saturated heterocycles. The van der Waals surface area contributed by atoms with E-state index < -0.39 is 0 Å². The third kappa shape index (κ3) is 2.48. The second kappa shape index (κ2) is 5.60. The van der Waals surface area contributed by atoms with Gasteiger partial charge in [0.05, 0.1) is 16.9 Å².